The molecule has 0 aliphatic carbocycles. The molecule has 0 unspecified atom stereocenters. The highest BCUT2D eigenvalue weighted by molar-refractivity contribution is 7.20. The molecule has 4 aromatic rings. The van der Waals surface area contributed by atoms with Gasteiger partial charge in [-0.2, -0.15) is 0 Å². The van der Waals surface area contributed by atoms with Gasteiger partial charge in [-0.15, -0.1) is 11.3 Å². The summed E-state index contributed by atoms with van der Waals surface area (Å²) in [4.78, 5) is 37.7. The summed E-state index contributed by atoms with van der Waals surface area (Å²) in [6.45, 7) is 3.70. The van der Waals surface area contributed by atoms with E-state index in [-0.39, 0.29) is 11.5 Å². The molecule has 0 radical (unpaired) electrons. The Kier molecular flexibility index (Phi) is 4.29. The normalized spacial score (nSPS) is 10.9. The number of aryl methyl sites for hydroxylation is 2. The number of fused-ring (bicyclic) bond motifs is 1. The fourth-order valence-electron chi connectivity index (χ4n) is 2.90. The molecule has 4 rings (SSSR count). The lowest BCUT2D eigenvalue weighted by Crippen LogP contribution is -2.13. The molecule has 3 heterocycles. The van der Waals surface area contributed by atoms with Crippen LogP contribution in [0.2, 0.25) is 0 Å². The quantitative estimate of drug-likeness (QED) is 0.567. The van der Waals surface area contributed by atoms with E-state index in [1.807, 2.05) is 31.2 Å². The Balaban J connectivity index is 1.78. The van der Waals surface area contributed by atoms with Crippen LogP contribution in [0.25, 0.3) is 21.6 Å². The molecule has 27 heavy (non-hydrogen) atoms. The van der Waals surface area contributed by atoms with Gasteiger partial charge in [-0.3, -0.25) is 14.6 Å². The number of H-pyrrole nitrogens is 1. The van der Waals surface area contributed by atoms with Crippen molar-refractivity contribution in [2.75, 3.05) is 5.32 Å². The van der Waals surface area contributed by atoms with E-state index in [1.54, 1.807) is 31.5 Å². The van der Waals surface area contributed by atoms with Gasteiger partial charge in [0, 0.05) is 23.6 Å². The lowest BCUT2D eigenvalue weighted by Gasteiger charge is -2.07. The highest BCUT2D eigenvalue weighted by atomic mass is 32.1. The first-order valence-electron chi connectivity index (χ1n) is 8.35. The number of carbonyl (C=O) groups excluding carboxylic acids is 1. The molecule has 0 saturated carbocycles. The molecule has 0 spiro atoms. The lowest BCUT2D eigenvalue weighted by atomic mass is 10.1. The van der Waals surface area contributed by atoms with E-state index in [0.29, 0.717) is 26.5 Å². The minimum Gasteiger partial charge on any atom is -0.321 e. The Bertz CT molecular complexity index is 1210. The van der Waals surface area contributed by atoms with Crippen molar-refractivity contribution in [1.29, 1.82) is 0 Å². The van der Waals surface area contributed by atoms with Crippen LogP contribution in [0.4, 0.5) is 5.69 Å². The Morgan fingerprint density at radius 2 is 1.85 bits per heavy atom. The maximum absolute atomic E-state index is 12.8. The molecular formula is C20H16N4O2S. The number of aromatic amines is 1. The number of anilines is 1. The SMILES string of the molecule is Cc1ccccc1NC(=O)c1sc2nc(-c3ccncc3)[nH]c(=O)c2c1C. The van der Waals surface area contributed by atoms with Crippen molar-refractivity contribution in [2.24, 2.45) is 0 Å². The average Bonchev–Trinajstić information content (AvgIpc) is 3.01. The van der Waals surface area contributed by atoms with Crippen molar-refractivity contribution in [2.45, 2.75) is 13.8 Å². The monoisotopic (exact) mass is 376 g/mol. The van der Waals surface area contributed by atoms with Crippen molar-refractivity contribution >= 4 is 33.1 Å². The molecule has 0 atom stereocenters. The molecule has 0 fully saturated rings. The molecule has 2 N–H and O–H groups in total. The first kappa shape index (κ1) is 17.1. The smallest absolute Gasteiger partial charge is 0.266 e. The summed E-state index contributed by atoms with van der Waals surface area (Å²) in [7, 11) is 0. The number of amides is 1. The van der Waals surface area contributed by atoms with Gasteiger partial charge in [0.1, 0.15) is 10.7 Å². The Hall–Kier alpha value is -3.32. The van der Waals surface area contributed by atoms with E-state index in [4.69, 9.17) is 0 Å². The number of pyridine rings is 1. The first-order chi connectivity index (χ1) is 13.0. The predicted molar refractivity (Wildman–Crippen MR) is 107 cm³/mol. The molecule has 0 bridgehead atoms. The predicted octanol–water partition coefficient (Wildman–Crippen LogP) is 3.92. The lowest BCUT2D eigenvalue weighted by molar-refractivity contribution is 0.103. The highest BCUT2D eigenvalue weighted by Gasteiger charge is 2.20. The summed E-state index contributed by atoms with van der Waals surface area (Å²) in [5.41, 5.74) is 2.87. The molecule has 3 aromatic heterocycles. The van der Waals surface area contributed by atoms with Crippen LogP contribution in [0.1, 0.15) is 20.8 Å². The van der Waals surface area contributed by atoms with Crippen molar-refractivity contribution in [3.05, 3.63) is 75.1 Å². The van der Waals surface area contributed by atoms with Gasteiger partial charge in [-0.05, 0) is 43.2 Å². The molecule has 7 heteroatoms. The zero-order valence-electron chi connectivity index (χ0n) is 14.7. The van der Waals surface area contributed by atoms with E-state index < -0.39 is 0 Å². The van der Waals surface area contributed by atoms with E-state index in [1.165, 1.54) is 11.3 Å². The third kappa shape index (κ3) is 3.13. The molecule has 1 aromatic carbocycles. The molecule has 6 nitrogen and oxygen atoms in total. The van der Waals surface area contributed by atoms with Gasteiger partial charge < -0.3 is 10.3 Å². The van der Waals surface area contributed by atoms with Crippen molar-refractivity contribution in [3.63, 3.8) is 0 Å². The Morgan fingerprint density at radius 1 is 1.11 bits per heavy atom. The maximum atomic E-state index is 12.8. The minimum atomic E-state index is -0.254. The second-order valence-electron chi connectivity index (χ2n) is 6.16. The molecule has 1 amide bonds. The number of carbonyl (C=O) groups is 1. The van der Waals surface area contributed by atoms with Gasteiger partial charge in [0.05, 0.1) is 10.3 Å². The second kappa shape index (κ2) is 6.77. The molecule has 0 aliphatic heterocycles. The Labute approximate surface area is 158 Å². The fraction of sp³-hybridized carbons (Fsp3) is 0.100. The van der Waals surface area contributed by atoms with Gasteiger partial charge in [-0.25, -0.2) is 4.98 Å². The number of benzene rings is 1. The third-order valence-corrected chi connectivity index (χ3v) is 5.54. The van der Waals surface area contributed by atoms with Crippen LogP contribution < -0.4 is 10.9 Å². The Morgan fingerprint density at radius 3 is 2.59 bits per heavy atom. The van der Waals surface area contributed by atoms with Crippen LogP contribution in [-0.2, 0) is 0 Å². The first-order valence-corrected chi connectivity index (χ1v) is 9.17. The summed E-state index contributed by atoms with van der Waals surface area (Å²) in [5.74, 6) is 0.219. The summed E-state index contributed by atoms with van der Waals surface area (Å²) >= 11 is 1.22. The zero-order valence-corrected chi connectivity index (χ0v) is 15.6. The summed E-state index contributed by atoms with van der Waals surface area (Å²) in [6, 6.07) is 11.1. The van der Waals surface area contributed by atoms with Crippen LogP contribution in [0.15, 0.2) is 53.6 Å². The topological polar surface area (TPSA) is 87.7 Å². The van der Waals surface area contributed by atoms with Crippen LogP contribution in [-0.4, -0.2) is 20.9 Å². The summed E-state index contributed by atoms with van der Waals surface area (Å²) < 4.78 is 0. The molecule has 134 valence electrons. The molecular weight excluding hydrogens is 360 g/mol. The largest absolute Gasteiger partial charge is 0.321 e. The second-order valence-corrected chi connectivity index (χ2v) is 7.15. The summed E-state index contributed by atoms with van der Waals surface area (Å²) in [6.07, 6.45) is 3.28. The highest BCUT2D eigenvalue weighted by Crippen LogP contribution is 2.29. The number of hydrogen-bond donors (Lipinski definition) is 2. The van der Waals surface area contributed by atoms with Gasteiger partial charge in [0.25, 0.3) is 11.5 Å². The van der Waals surface area contributed by atoms with E-state index in [2.05, 4.69) is 20.3 Å². The number of nitrogens with one attached hydrogen (secondary N) is 2. The molecule has 0 aliphatic rings. The number of nitrogens with zero attached hydrogens (tertiary/aromatic N) is 2. The van der Waals surface area contributed by atoms with E-state index in [9.17, 15) is 9.59 Å². The third-order valence-electron chi connectivity index (χ3n) is 4.35. The van der Waals surface area contributed by atoms with Gasteiger partial charge in [0.15, 0.2) is 0 Å². The van der Waals surface area contributed by atoms with E-state index >= 15 is 0 Å². The van der Waals surface area contributed by atoms with Crippen LogP contribution >= 0.6 is 11.3 Å². The average molecular weight is 376 g/mol. The van der Waals surface area contributed by atoms with Crippen LogP contribution in [0.5, 0.6) is 0 Å². The summed E-state index contributed by atoms with van der Waals surface area (Å²) in [5, 5.41) is 3.37. The number of thiophene rings is 1. The van der Waals surface area contributed by atoms with Gasteiger partial charge in [-0.1, -0.05) is 18.2 Å². The number of aromatic nitrogens is 3. The van der Waals surface area contributed by atoms with Gasteiger partial charge >= 0.3 is 0 Å². The number of para-hydroxylation sites is 1. The number of hydrogen-bond acceptors (Lipinski definition) is 5. The van der Waals surface area contributed by atoms with Crippen molar-refractivity contribution in [1.82, 2.24) is 15.0 Å². The minimum absolute atomic E-state index is 0.241. The van der Waals surface area contributed by atoms with E-state index in [0.717, 1.165) is 16.8 Å². The van der Waals surface area contributed by atoms with Crippen molar-refractivity contribution < 1.29 is 4.79 Å². The molecule has 0 saturated heterocycles. The zero-order chi connectivity index (χ0) is 19.0. The maximum Gasteiger partial charge on any atom is 0.266 e. The standard InChI is InChI=1S/C20H16N4O2S/c1-11-5-3-4-6-14(11)22-19(26)16-12(2)15-18(25)23-17(24-20(15)27-16)13-7-9-21-10-8-13/h3-10H,1-2H3,(H,22,26)(H,23,24,25). The van der Waals surface area contributed by atoms with Crippen molar-refractivity contribution in [3.8, 4) is 11.4 Å². The van der Waals surface area contributed by atoms with Gasteiger partial charge in [0.2, 0.25) is 0 Å². The fourth-order valence-corrected chi connectivity index (χ4v) is 3.98. The van der Waals surface area contributed by atoms with Crippen LogP contribution in [0, 0.1) is 13.8 Å². The number of rotatable bonds is 3. The van der Waals surface area contributed by atoms with Crippen LogP contribution in [0.3, 0.4) is 0 Å².